The summed E-state index contributed by atoms with van der Waals surface area (Å²) in [5, 5.41) is 11.6. The topological polar surface area (TPSA) is 83.5 Å². The second kappa shape index (κ2) is 6.68. The van der Waals surface area contributed by atoms with Gasteiger partial charge in [0.05, 0.1) is 11.8 Å². The summed E-state index contributed by atoms with van der Waals surface area (Å²) in [6.45, 7) is 2.10. The molecule has 0 aliphatic heterocycles. The minimum absolute atomic E-state index is 0.128. The van der Waals surface area contributed by atoms with Crippen LogP contribution in [-0.4, -0.2) is 39.2 Å². The Morgan fingerprint density at radius 3 is 2.44 bits per heavy atom. The van der Waals surface area contributed by atoms with E-state index in [9.17, 15) is 13.8 Å². The Morgan fingerprint density at radius 2 is 1.94 bits per heavy atom. The molecule has 2 unspecified atom stereocenters. The van der Waals surface area contributed by atoms with Gasteiger partial charge in [-0.15, -0.1) is 0 Å². The average Bonchev–Trinajstić information content (AvgIpc) is 2.35. The third kappa shape index (κ3) is 3.94. The lowest BCUT2D eigenvalue weighted by Gasteiger charge is -2.24. The minimum atomic E-state index is -0.994. The largest absolute Gasteiger partial charge is 0.481 e. The summed E-state index contributed by atoms with van der Waals surface area (Å²) < 4.78 is 11.2. The van der Waals surface area contributed by atoms with E-state index in [1.807, 2.05) is 6.08 Å². The molecule has 0 fully saturated rings. The molecule has 0 heterocycles. The summed E-state index contributed by atoms with van der Waals surface area (Å²) in [5.41, 5.74) is 0. The van der Waals surface area contributed by atoms with Gasteiger partial charge in [0.2, 0.25) is 5.91 Å². The molecule has 2 N–H and O–H groups in total. The number of carbonyl (C=O) groups excluding carboxylic acids is 1. The Balaban J connectivity index is 2.57. The minimum Gasteiger partial charge on any atom is -0.481 e. The molecule has 18 heavy (non-hydrogen) atoms. The number of hydrogen-bond donors (Lipinski definition) is 2. The molecule has 0 radical (unpaired) electrons. The monoisotopic (exact) mass is 273 g/mol. The van der Waals surface area contributed by atoms with Gasteiger partial charge in [0, 0.05) is 28.9 Å². The SMILES string of the molecule is CC(CNC(=O)[C@@H]1CC=CC[C@@H]1C(=O)O)S(C)=O. The normalized spacial score (nSPS) is 26.3. The molecule has 6 heteroatoms. The van der Waals surface area contributed by atoms with Crippen LogP contribution >= 0.6 is 0 Å². The smallest absolute Gasteiger partial charge is 0.307 e. The molecule has 102 valence electrons. The Hall–Kier alpha value is -1.17. The predicted molar refractivity (Wildman–Crippen MR) is 69.5 cm³/mol. The quantitative estimate of drug-likeness (QED) is 0.716. The molecule has 0 aromatic carbocycles. The summed E-state index contributed by atoms with van der Waals surface area (Å²) >= 11 is 0. The number of allylic oxidation sites excluding steroid dienone is 2. The van der Waals surface area contributed by atoms with Crippen molar-refractivity contribution in [3.05, 3.63) is 12.2 Å². The van der Waals surface area contributed by atoms with Crippen LogP contribution in [-0.2, 0) is 20.4 Å². The van der Waals surface area contributed by atoms with Crippen LogP contribution in [0.1, 0.15) is 19.8 Å². The lowest BCUT2D eigenvalue weighted by molar-refractivity contribution is -0.147. The fraction of sp³-hybridized carbons (Fsp3) is 0.667. The van der Waals surface area contributed by atoms with Crippen LogP contribution in [0.5, 0.6) is 0 Å². The summed E-state index contributed by atoms with van der Waals surface area (Å²) in [7, 11) is -0.994. The van der Waals surface area contributed by atoms with E-state index in [0.717, 1.165) is 0 Å². The number of carboxylic acids is 1. The lowest BCUT2D eigenvalue weighted by Crippen LogP contribution is -2.41. The molecule has 0 spiro atoms. The zero-order valence-corrected chi connectivity index (χ0v) is 11.4. The van der Waals surface area contributed by atoms with Crippen LogP contribution < -0.4 is 5.32 Å². The number of hydrogen-bond acceptors (Lipinski definition) is 3. The second-order valence-corrected chi connectivity index (χ2v) is 6.35. The number of rotatable bonds is 5. The summed E-state index contributed by atoms with van der Waals surface area (Å²) in [4.78, 5) is 23.0. The summed E-state index contributed by atoms with van der Waals surface area (Å²) in [5.74, 6) is -2.38. The molecule has 0 aromatic heterocycles. The van der Waals surface area contributed by atoms with Crippen LogP contribution in [0.2, 0.25) is 0 Å². The van der Waals surface area contributed by atoms with Gasteiger partial charge in [0.25, 0.3) is 0 Å². The zero-order valence-electron chi connectivity index (χ0n) is 10.6. The van der Waals surface area contributed by atoms with Gasteiger partial charge < -0.3 is 10.4 Å². The van der Waals surface area contributed by atoms with Crippen molar-refractivity contribution in [1.29, 1.82) is 0 Å². The van der Waals surface area contributed by atoms with Gasteiger partial charge in [-0.1, -0.05) is 12.2 Å². The van der Waals surface area contributed by atoms with Crippen molar-refractivity contribution in [2.24, 2.45) is 11.8 Å². The molecule has 4 atom stereocenters. The Morgan fingerprint density at radius 1 is 1.39 bits per heavy atom. The van der Waals surface area contributed by atoms with E-state index in [4.69, 9.17) is 5.11 Å². The maximum atomic E-state index is 11.9. The second-order valence-electron chi connectivity index (χ2n) is 4.55. The first-order valence-electron chi connectivity index (χ1n) is 5.91. The Kier molecular flexibility index (Phi) is 5.53. The standard InChI is InChI=1S/C12H19NO4S/c1-8(18(2)17)7-13-11(14)9-5-3-4-6-10(9)12(15)16/h3-4,8-10H,5-7H2,1-2H3,(H,13,14)(H,15,16)/t8?,9-,10+,18?/m1/s1. The first-order valence-corrected chi connectivity index (χ1v) is 7.53. The zero-order chi connectivity index (χ0) is 13.7. The highest BCUT2D eigenvalue weighted by Gasteiger charge is 2.33. The molecule has 1 aliphatic carbocycles. The number of carbonyl (C=O) groups is 2. The molecule has 1 rings (SSSR count). The fourth-order valence-corrected chi connectivity index (χ4v) is 2.19. The molecule has 0 saturated heterocycles. The van der Waals surface area contributed by atoms with E-state index in [-0.39, 0.29) is 11.2 Å². The van der Waals surface area contributed by atoms with E-state index in [1.165, 1.54) is 0 Å². The highest BCUT2D eigenvalue weighted by Crippen LogP contribution is 2.25. The van der Waals surface area contributed by atoms with Gasteiger partial charge in [-0.25, -0.2) is 0 Å². The van der Waals surface area contributed by atoms with E-state index >= 15 is 0 Å². The summed E-state index contributed by atoms with van der Waals surface area (Å²) in [6.07, 6.45) is 6.06. The molecular weight excluding hydrogens is 254 g/mol. The van der Waals surface area contributed by atoms with Crippen molar-refractivity contribution in [1.82, 2.24) is 5.32 Å². The van der Waals surface area contributed by atoms with Crippen molar-refractivity contribution >= 4 is 22.7 Å². The maximum Gasteiger partial charge on any atom is 0.307 e. The van der Waals surface area contributed by atoms with Gasteiger partial charge in [0.1, 0.15) is 0 Å². The highest BCUT2D eigenvalue weighted by atomic mass is 32.2. The first-order chi connectivity index (χ1) is 8.43. The number of amides is 1. The number of carboxylic acid groups (broad SMARTS) is 1. The Labute approximate surface area is 109 Å². The summed E-state index contributed by atoms with van der Waals surface area (Å²) in [6, 6.07) is 0. The van der Waals surface area contributed by atoms with Gasteiger partial charge >= 0.3 is 5.97 Å². The van der Waals surface area contributed by atoms with Crippen LogP contribution in [0.4, 0.5) is 0 Å². The van der Waals surface area contributed by atoms with Crippen LogP contribution in [0.25, 0.3) is 0 Å². The van der Waals surface area contributed by atoms with Gasteiger partial charge in [0.15, 0.2) is 0 Å². The average molecular weight is 273 g/mol. The molecule has 0 bridgehead atoms. The van der Waals surface area contributed by atoms with Crippen LogP contribution in [0.3, 0.4) is 0 Å². The number of nitrogens with one attached hydrogen (secondary N) is 1. The molecular formula is C12H19NO4S. The van der Waals surface area contributed by atoms with Gasteiger partial charge in [-0.3, -0.25) is 13.8 Å². The third-order valence-electron chi connectivity index (χ3n) is 3.22. The van der Waals surface area contributed by atoms with Crippen LogP contribution in [0.15, 0.2) is 12.2 Å². The van der Waals surface area contributed by atoms with Crippen molar-refractivity contribution in [2.45, 2.75) is 25.0 Å². The Bertz CT molecular complexity index is 380. The lowest BCUT2D eigenvalue weighted by atomic mass is 9.82. The molecule has 1 aliphatic rings. The fourth-order valence-electron chi connectivity index (χ4n) is 1.87. The van der Waals surface area contributed by atoms with E-state index in [0.29, 0.717) is 19.4 Å². The predicted octanol–water partition coefficient (Wildman–Crippen LogP) is 0.537. The van der Waals surface area contributed by atoms with E-state index in [1.54, 1.807) is 19.3 Å². The number of aliphatic carboxylic acids is 1. The van der Waals surface area contributed by atoms with Crippen LogP contribution in [0, 0.1) is 11.8 Å². The van der Waals surface area contributed by atoms with Crippen molar-refractivity contribution in [2.75, 3.05) is 12.8 Å². The van der Waals surface area contributed by atoms with Gasteiger partial charge in [-0.2, -0.15) is 0 Å². The molecule has 1 amide bonds. The maximum absolute atomic E-state index is 11.9. The van der Waals surface area contributed by atoms with E-state index < -0.39 is 28.6 Å². The van der Waals surface area contributed by atoms with Crippen molar-refractivity contribution < 1.29 is 18.9 Å². The van der Waals surface area contributed by atoms with Crippen molar-refractivity contribution in [3.8, 4) is 0 Å². The highest BCUT2D eigenvalue weighted by molar-refractivity contribution is 7.84. The molecule has 0 saturated carbocycles. The van der Waals surface area contributed by atoms with E-state index in [2.05, 4.69) is 5.32 Å². The first kappa shape index (κ1) is 14.9. The van der Waals surface area contributed by atoms with Crippen molar-refractivity contribution in [3.63, 3.8) is 0 Å². The third-order valence-corrected chi connectivity index (χ3v) is 4.52. The molecule has 5 nitrogen and oxygen atoms in total. The van der Waals surface area contributed by atoms with Gasteiger partial charge in [-0.05, 0) is 19.8 Å². The molecule has 0 aromatic rings.